The Kier molecular flexibility index (Phi) is 3.56. The predicted octanol–water partition coefficient (Wildman–Crippen LogP) is 3.10. The maximum Gasteiger partial charge on any atom is 0.417 e. The highest BCUT2D eigenvalue weighted by atomic mass is 16.6. The highest BCUT2D eigenvalue weighted by Crippen LogP contribution is 2.44. The number of methoxy groups -OCH3 is 1. The van der Waals surface area contributed by atoms with Crippen molar-refractivity contribution in [3.63, 3.8) is 0 Å². The molecular formula is C21H19NO5. The van der Waals surface area contributed by atoms with Gasteiger partial charge in [0.25, 0.3) is 0 Å². The van der Waals surface area contributed by atoms with Crippen LogP contribution in [0.15, 0.2) is 48.5 Å². The van der Waals surface area contributed by atoms with Crippen LogP contribution in [0.3, 0.4) is 0 Å². The van der Waals surface area contributed by atoms with E-state index >= 15 is 0 Å². The molecule has 138 valence electrons. The van der Waals surface area contributed by atoms with Gasteiger partial charge in [-0.1, -0.05) is 48.5 Å². The van der Waals surface area contributed by atoms with Crippen LogP contribution >= 0.6 is 0 Å². The minimum Gasteiger partial charge on any atom is -0.467 e. The molecule has 0 N–H and O–H groups in total. The molecule has 27 heavy (non-hydrogen) atoms. The Balaban J connectivity index is 1.50. The van der Waals surface area contributed by atoms with Crippen molar-refractivity contribution in [3.8, 4) is 11.1 Å². The molecule has 0 spiro atoms. The number of benzene rings is 2. The maximum absolute atomic E-state index is 12.7. The van der Waals surface area contributed by atoms with Crippen molar-refractivity contribution < 1.29 is 28.0 Å². The number of carbonyl (C=O) groups is 3. The van der Waals surface area contributed by atoms with E-state index in [4.69, 9.17) is 8.85 Å². The Morgan fingerprint density at radius 3 is 2.37 bits per heavy atom. The standard InChI is InChI=1S/C21H19NO5/c1-26-20(24)18-10-11-19(23)22(18)21(25)27-12-17-15-8-4-2-6-13(15)14-7-3-5-9-16(14)17/h2-9,17-18H,10-12H2,1H3/t18-/m0/s1/i1D3. The fourth-order valence-corrected chi connectivity index (χ4v) is 3.87. The third kappa shape index (κ3) is 2.87. The highest BCUT2D eigenvalue weighted by molar-refractivity contribution is 5.99. The van der Waals surface area contributed by atoms with Crippen molar-refractivity contribution in [2.45, 2.75) is 24.8 Å². The molecule has 2 aromatic rings. The van der Waals surface area contributed by atoms with Crippen molar-refractivity contribution in [2.24, 2.45) is 0 Å². The quantitative estimate of drug-likeness (QED) is 0.779. The summed E-state index contributed by atoms with van der Waals surface area (Å²) in [5.41, 5.74) is 4.14. The van der Waals surface area contributed by atoms with Crippen LogP contribution in [0.5, 0.6) is 0 Å². The van der Waals surface area contributed by atoms with E-state index in [1.165, 1.54) is 0 Å². The highest BCUT2D eigenvalue weighted by Gasteiger charge is 2.42. The van der Waals surface area contributed by atoms with Gasteiger partial charge in [0.15, 0.2) is 0 Å². The first-order valence-corrected chi connectivity index (χ1v) is 8.66. The van der Waals surface area contributed by atoms with Gasteiger partial charge in [-0.05, 0) is 28.7 Å². The number of rotatable bonds is 3. The Hall–Kier alpha value is -3.15. The second-order valence-electron chi connectivity index (χ2n) is 6.54. The molecule has 0 aromatic heterocycles. The fraction of sp³-hybridized carbons (Fsp3) is 0.286. The third-order valence-electron chi connectivity index (χ3n) is 5.12. The van der Waals surface area contributed by atoms with E-state index in [2.05, 4.69) is 4.74 Å². The monoisotopic (exact) mass is 368 g/mol. The maximum atomic E-state index is 12.7. The van der Waals surface area contributed by atoms with Crippen LogP contribution in [0, 0.1) is 0 Å². The molecule has 2 amide bonds. The summed E-state index contributed by atoms with van der Waals surface area (Å²) in [6, 6.07) is 14.3. The van der Waals surface area contributed by atoms with Gasteiger partial charge in [-0.15, -0.1) is 0 Å². The van der Waals surface area contributed by atoms with Crippen LogP contribution < -0.4 is 0 Å². The normalized spacial score (nSPS) is 20.3. The Morgan fingerprint density at radius 2 is 1.74 bits per heavy atom. The molecule has 1 atom stereocenters. The van der Waals surface area contributed by atoms with Gasteiger partial charge in [0.1, 0.15) is 12.6 Å². The Bertz CT molecular complexity index is 974. The predicted molar refractivity (Wildman–Crippen MR) is 97.0 cm³/mol. The molecule has 2 aliphatic rings. The largest absolute Gasteiger partial charge is 0.467 e. The van der Waals surface area contributed by atoms with Gasteiger partial charge in [-0.3, -0.25) is 4.79 Å². The molecule has 0 radical (unpaired) electrons. The summed E-state index contributed by atoms with van der Waals surface area (Å²) in [7, 11) is -2.95. The lowest BCUT2D eigenvalue weighted by Gasteiger charge is -2.22. The average molecular weight is 368 g/mol. The minimum absolute atomic E-state index is 0.00204. The summed E-state index contributed by atoms with van der Waals surface area (Å²) in [4.78, 5) is 37.6. The van der Waals surface area contributed by atoms with Crippen molar-refractivity contribution in [1.82, 2.24) is 4.90 Å². The molecule has 4 rings (SSSR count). The van der Waals surface area contributed by atoms with Gasteiger partial charge < -0.3 is 9.47 Å². The molecule has 0 saturated carbocycles. The van der Waals surface area contributed by atoms with E-state index in [9.17, 15) is 14.4 Å². The van der Waals surface area contributed by atoms with Crippen LogP contribution in [0.1, 0.15) is 34.0 Å². The van der Waals surface area contributed by atoms with Crippen molar-refractivity contribution in [2.75, 3.05) is 13.6 Å². The van der Waals surface area contributed by atoms with Gasteiger partial charge in [0.2, 0.25) is 5.91 Å². The number of hydrogen-bond donors (Lipinski definition) is 0. The minimum atomic E-state index is -2.95. The molecule has 0 bridgehead atoms. The lowest BCUT2D eigenvalue weighted by Crippen LogP contribution is -2.44. The molecule has 1 fully saturated rings. The van der Waals surface area contributed by atoms with E-state index in [-0.39, 0.29) is 25.4 Å². The lowest BCUT2D eigenvalue weighted by atomic mass is 9.98. The topological polar surface area (TPSA) is 72.9 Å². The van der Waals surface area contributed by atoms with E-state index in [1.807, 2.05) is 48.5 Å². The SMILES string of the molecule is [2H]C([2H])([2H])OC(=O)[C@@H]1CCC(=O)N1C(=O)OCC1c2ccccc2-c2ccccc21. The van der Waals surface area contributed by atoms with Crippen molar-refractivity contribution >= 4 is 18.0 Å². The molecule has 1 heterocycles. The second kappa shape index (κ2) is 6.87. The average Bonchev–Trinajstić information content (AvgIpc) is 3.23. The van der Waals surface area contributed by atoms with Gasteiger partial charge in [-0.2, -0.15) is 0 Å². The summed E-state index contributed by atoms with van der Waals surface area (Å²) < 4.78 is 31.0. The van der Waals surface area contributed by atoms with Crippen LogP contribution in [0.25, 0.3) is 11.1 Å². The summed E-state index contributed by atoms with van der Waals surface area (Å²) in [6.45, 7) is -0.0162. The molecule has 1 saturated heterocycles. The van der Waals surface area contributed by atoms with Gasteiger partial charge in [0.05, 0.1) is 11.2 Å². The Morgan fingerprint density at radius 1 is 1.11 bits per heavy atom. The summed E-state index contributed by atoms with van der Waals surface area (Å²) in [5.74, 6) is -1.94. The van der Waals surface area contributed by atoms with Crippen LogP contribution in [0.2, 0.25) is 0 Å². The number of ether oxygens (including phenoxy) is 2. The zero-order valence-electron chi connectivity index (χ0n) is 17.4. The number of carbonyl (C=O) groups excluding carboxylic acids is 3. The molecule has 1 aliphatic heterocycles. The molecular weight excluding hydrogens is 346 g/mol. The first-order valence-electron chi connectivity index (χ1n) is 10.2. The summed E-state index contributed by atoms with van der Waals surface area (Å²) in [5, 5.41) is 0. The van der Waals surface area contributed by atoms with Crippen molar-refractivity contribution in [3.05, 3.63) is 59.7 Å². The number of hydrogen-bond acceptors (Lipinski definition) is 5. The number of esters is 1. The number of likely N-dealkylation sites (tertiary alicyclic amines) is 1. The first kappa shape index (κ1) is 14.0. The number of fused-ring (bicyclic) bond motifs is 3. The summed E-state index contributed by atoms with van der Waals surface area (Å²) >= 11 is 0. The number of amides is 2. The third-order valence-corrected chi connectivity index (χ3v) is 5.12. The van der Waals surface area contributed by atoms with Crippen molar-refractivity contribution in [1.29, 1.82) is 0 Å². The van der Waals surface area contributed by atoms with Gasteiger partial charge in [-0.25, -0.2) is 14.5 Å². The zero-order valence-corrected chi connectivity index (χ0v) is 14.4. The Labute approximate surface area is 160 Å². The molecule has 6 nitrogen and oxygen atoms in total. The first-order chi connectivity index (χ1) is 14.3. The van der Waals surface area contributed by atoms with E-state index < -0.39 is 31.0 Å². The van der Waals surface area contributed by atoms with E-state index in [0.29, 0.717) is 4.90 Å². The van der Waals surface area contributed by atoms with Gasteiger partial charge >= 0.3 is 12.1 Å². The number of imide groups is 1. The summed E-state index contributed by atoms with van der Waals surface area (Å²) in [6.07, 6.45) is -1.05. The molecule has 6 heteroatoms. The zero-order chi connectivity index (χ0) is 21.5. The molecule has 2 aromatic carbocycles. The van der Waals surface area contributed by atoms with E-state index in [0.717, 1.165) is 22.3 Å². The number of nitrogens with zero attached hydrogens (tertiary/aromatic N) is 1. The fourth-order valence-electron chi connectivity index (χ4n) is 3.87. The second-order valence-corrected chi connectivity index (χ2v) is 6.54. The smallest absolute Gasteiger partial charge is 0.417 e. The van der Waals surface area contributed by atoms with Crippen LogP contribution in [0.4, 0.5) is 4.79 Å². The molecule has 1 aliphatic carbocycles. The van der Waals surface area contributed by atoms with Crippen LogP contribution in [-0.4, -0.2) is 42.6 Å². The molecule has 0 unspecified atom stereocenters. The van der Waals surface area contributed by atoms with Crippen LogP contribution in [-0.2, 0) is 19.1 Å². The lowest BCUT2D eigenvalue weighted by molar-refractivity contribution is -0.148. The van der Waals surface area contributed by atoms with E-state index in [1.54, 1.807) is 0 Å². The van der Waals surface area contributed by atoms with Gasteiger partial charge in [0, 0.05) is 12.3 Å².